The number of methoxy groups -OCH3 is 1. The molecule has 0 unspecified atom stereocenters. The van der Waals surface area contributed by atoms with Gasteiger partial charge in [0.25, 0.3) is 0 Å². The smallest absolute Gasteiger partial charge is 0.407 e. The lowest BCUT2D eigenvalue weighted by molar-refractivity contribution is -0.0950. The molecule has 0 saturated heterocycles. The highest BCUT2D eigenvalue weighted by atomic mass is 16.7. The first-order chi connectivity index (χ1) is 13.8. The van der Waals surface area contributed by atoms with Gasteiger partial charge in [-0.1, -0.05) is 30.3 Å². The monoisotopic (exact) mass is 408 g/mol. The van der Waals surface area contributed by atoms with Crippen LogP contribution in [0.2, 0.25) is 0 Å². The number of alkyl carbamates (subject to hydrolysis) is 2. The minimum absolute atomic E-state index is 0.133. The Kier molecular flexibility index (Phi) is 8.72. The maximum absolute atomic E-state index is 12.2. The second-order valence-electron chi connectivity index (χ2n) is 8.08. The van der Waals surface area contributed by atoms with Gasteiger partial charge in [0.15, 0.2) is 0 Å². The number of nitrogens with one attached hydrogen (secondary N) is 2. The fourth-order valence-electron chi connectivity index (χ4n) is 3.17. The van der Waals surface area contributed by atoms with Crippen molar-refractivity contribution in [1.82, 2.24) is 10.6 Å². The molecule has 2 rings (SSSR count). The first-order valence-electron chi connectivity index (χ1n) is 9.84. The van der Waals surface area contributed by atoms with Crippen molar-refractivity contribution in [2.75, 3.05) is 13.9 Å². The predicted molar refractivity (Wildman–Crippen MR) is 107 cm³/mol. The first kappa shape index (κ1) is 23.0. The van der Waals surface area contributed by atoms with Gasteiger partial charge in [-0.25, -0.2) is 9.59 Å². The maximum atomic E-state index is 12.2. The van der Waals surface area contributed by atoms with Gasteiger partial charge < -0.3 is 29.6 Å². The second-order valence-corrected chi connectivity index (χ2v) is 8.08. The molecule has 0 aliphatic heterocycles. The number of benzene rings is 1. The molecule has 0 heterocycles. The third-order valence-corrected chi connectivity index (χ3v) is 4.42. The normalized spacial score (nSPS) is 21.9. The Bertz CT molecular complexity index is 646. The van der Waals surface area contributed by atoms with E-state index < -0.39 is 17.8 Å². The number of amides is 2. The molecule has 0 aromatic heterocycles. The molecule has 1 aliphatic rings. The van der Waals surface area contributed by atoms with E-state index in [0.717, 1.165) is 5.56 Å². The van der Waals surface area contributed by atoms with Crippen LogP contribution in [0, 0.1) is 0 Å². The standard InChI is InChI=1S/C21H32N2O6/c1-21(2,3)29-20(25)23-17-12-16(10-11-18(17)28-14-26-4)22-19(24)27-13-15-8-6-5-7-9-15/h5-9,16-18H,10-14H2,1-4H3,(H,22,24)(H,23,25)/t16-,17-,18-/m0/s1. The van der Waals surface area contributed by atoms with E-state index in [0.29, 0.717) is 19.3 Å². The molecule has 1 fully saturated rings. The summed E-state index contributed by atoms with van der Waals surface area (Å²) in [5.74, 6) is 0. The van der Waals surface area contributed by atoms with Gasteiger partial charge in [0.05, 0.1) is 12.1 Å². The topological polar surface area (TPSA) is 95.1 Å². The fraction of sp³-hybridized carbons (Fsp3) is 0.619. The first-order valence-corrected chi connectivity index (χ1v) is 9.84. The van der Waals surface area contributed by atoms with Crippen molar-refractivity contribution in [3.05, 3.63) is 35.9 Å². The van der Waals surface area contributed by atoms with Crippen molar-refractivity contribution >= 4 is 12.2 Å². The Morgan fingerprint density at radius 1 is 1.07 bits per heavy atom. The van der Waals surface area contributed by atoms with Crippen LogP contribution in [0.1, 0.15) is 45.6 Å². The predicted octanol–water partition coefficient (Wildman–Crippen LogP) is 3.35. The fourth-order valence-corrected chi connectivity index (χ4v) is 3.17. The zero-order chi connectivity index (χ0) is 21.3. The summed E-state index contributed by atoms with van der Waals surface area (Å²) in [5.41, 5.74) is 0.323. The average Bonchev–Trinajstić information content (AvgIpc) is 2.65. The molecular weight excluding hydrogens is 376 g/mol. The summed E-state index contributed by atoms with van der Waals surface area (Å²) in [6.45, 7) is 5.76. The summed E-state index contributed by atoms with van der Waals surface area (Å²) < 4.78 is 21.3. The highest BCUT2D eigenvalue weighted by molar-refractivity contribution is 5.69. The van der Waals surface area contributed by atoms with Crippen molar-refractivity contribution < 1.29 is 28.5 Å². The molecule has 162 valence electrons. The molecule has 8 heteroatoms. The van der Waals surface area contributed by atoms with Crippen LogP contribution in [-0.2, 0) is 25.6 Å². The molecule has 2 N–H and O–H groups in total. The SMILES string of the molecule is COCO[C@H]1CC[C@H](NC(=O)OCc2ccccc2)C[C@@H]1NC(=O)OC(C)(C)C. The van der Waals surface area contributed by atoms with Gasteiger partial charge in [-0.2, -0.15) is 0 Å². The summed E-state index contributed by atoms with van der Waals surface area (Å²) in [7, 11) is 1.55. The van der Waals surface area contributed by atoms with Crippen molar-refractivity contribution in [3.63, 3.8) is 0 Å². The van der Waals surface area contributed by atoms with E-state index in [1.807, 2.05) is 30.3 Å². The van der Waals surface area contributed by atoms with Gasteiger partial charge in [0.2, 0.25) is 0 Å². The van der Waals surface area contributed by atoms with Crippen LogP contribution in [0.15, 0.2) is 30.3 Å². The number of rotatable bonds is 7. The maximum Gasteiger partial charge on any atom is 0.407 e. The summed E-state index contributed by atoms with van der Waals surface area (Å²) in [6, 6.07) is 9.04. The average molecular weight is 408 g/mol. The van der Waals surface area contributed by atoms with E-state index in [2.05, 4.69) is 10.6 Å². The van der Waals surface area contributed by atoms with Crippen LogP contribution < -0.4 is 10.6 Å². The van der Waals surface area contributed by atoms with E-state index in [-0.39, 0.29) is 31.6 Å². The van der Waals surface area contributed by atoms with Crippen LogP contribution >= 0.6 is 0 Å². The van der Waals surface area contributed by atoms with Crippen LogP contribution in [0.25, 0.3) is 0 Å². The van der Waals surface area contributed by atoms with Gasteiger partial charge >= 0.3 is 12.2 Å². The quantitative estimate of drug-likeness (QED) is 0.672. The molecule has 1 aromatic rings. The summed E-state index contributed by atoms with van der Waals surface area (Å²) in [6.07, 6.45) is 0.663. The highest BCUT2D eigenvalue weighted by Crippen LogP contribution is 2.23. The zero-order valence-electron chi connectivity index (χ0n) is 17.6. The Morgan fingerprint density at radius 2 is 1.79 bits per heavy atom. The second kappa shape index (κ2) is 11.0. The molecular formula is C21H32N2O6. The summed E-state index contributed by atoms with van der Waals surface area (Å²) >= 11 is 0. The molecule has 1 aromatic carbocycles. The number of carbonyl (C=O) groups excluding carboxylic acids is 2. The largest absolute Gasteiger partial charge is 0.445 e. The molecule has 0 bridgehead atoms. The lowest BCUT2D eigenvalue weighted by Gasteiger charge is -2.36. The highest BCUT2D eigenvalue weighted by Gasteiger charge is 2.34. The Balaban J connectivity index is 1.87. The third kappa shape index (κ3) is 8.70. The lowest BCUT2D eigenvalue weighted by Crippen LogP contribution is -2.53. The van der Waals surface area contributed by atoms with Crippen LogP contribution in [0.4, 0.5) is 9.59 Å². The van der Waals surface area contributed by atoms with Crippen molar-refractivity contribution in [1.29, 1.82) is 0 Å². The Labute approximate surface area is 172 Å². The van der Waals surface area contributed by atoms with Crippen LogP contribution in [0.3, 0.4) is 0 Å². The Hall–Kier alpha value is -2.32. The van der Waals surface area contributed by atoms with Gasteiger partial charge in [-0.05, 0) is 45.6 Å². The van der Waals surface area contributed by atoms with Gasteiger partial charge in [0, 0.05) is 13.2 Å². The van der Waals surface area contributed by atoms with Crippen molar-refractivity contribution in [2.45, 2.75) is 70.4 Å². The van der Waals surface area contributed by atoms with E-state index in [1.165, 1.54) is 0 Å². The minimum Gasteiger partial charge on any atom is -0.445 e. The lowest BCUT2D eigenvalue weighted by atomic mass is 9.88. The molecule has 2 amide bonds. The molecule has 0 spiro atoms. The zero-order valence-corrected chi connectivity index (χ0v) is 17.6. The van der Waals surface area contributed by atoms with Crippen LogP contribution in [-0.4, -0.2) is 49.9 Å². The van der Waals surface area contributed by atoms with E-state index >= 15 is 0 Å². The molecule has 8 nitrogen and oxygen atoms in total. The third-order valence-electron chi connectivity index (χ3n) is 4.42. The molecule has 0 radical (unpaired) electrons. The summed E-state index contributed by atoms with van der Waals surface area (Å²) in [5, 5.41) is 5.74. The number of carbonyl (C=O) groups is 2. The van der Waals surface area contributed by atoms with E-state index in [1.54, 1.807) is 27.9 Å². The molecule has 1 aliphatic carbocycles. The molecule has 3 atom stereocenters. The summed E-state index contributed by atoms with van der Waals surface area (Å²) in [4.78, 5) is 24.4. The Morgan fingerprint density at radius 3 is 2.45 bits per heavy atom. The van der Waals surface area contributed by atoms with Gasteiger partial charge in [0.1, 0.15) is 19.0 Å². The number of hydrogen-bond acceptors (Lipinski definition) is 6. The molecule has 29 heavy (non-hydrogen) atoms. The van der Waals surface area contributed by atoms with Gasteiger partial charge in [-0.3, -0.25) is 0 Å². The molecule has 1 saturated carbocycles. The van der Waals surface area contributed by atoms with Crippen LogP contribution in [0.5, 0.6) is 0 Å². The van der Waals surface area contributed by atoms with E-state index in [9.17, 15) is 9.59 Å². The van der Waals surface area contributed by atoms with E-state index in [4.69, 9.17) is 18.9 Å². The van der Waals surface area contributed by atoms with Gasteiger partial charge in [-0.15, -0.1) is 0 Å². The number of hydrogen-bond donors (Lipinski definition) is 2. The minimum atomic E-state index is -0.597. The van der Waals surface area contributed by atoms with Crippen molar-refractivity contribution in [2.24, 2.45) is 0 Å². The number of ether oxygens (including phenoxy) is 4. The van der Waals surface area contributed by atoms with Crippen molar-refractivity contribution in [3.8, 4) is 0 Å².